The summed E-state index contributed by atoms with van der Waals surface area (Å²) in [6, 6.07) is 12.6. The fraction of sp³-hybridized carbons (Fsp3) is 0.300. The predicted molar refractivity (Wildman–Crippen MR) is 99.7 cm³/mol. The van der Waals surface area contributed by atoms with Crippen LogP contribution in [-0.4, -0.2) is 24.5 Å². The van der Waals surface area contributed by atoms with Crippen molar-refractivity contribution < 1.29 is 14.3 Å². The van der Waals surface area contributed by atoms with Crippen LogP contribution < -0.4 is 15.4 Å². The average Bonchev–Trinajstić information content (AvgIpc) is 3.45. The molecule has 0 bridgehead atoms. The molecule has 2 aromatic rings. The number of rotatable bonds is 4. The van der Waals surface area contributed by atoms with Crippen molar-refractivity contribution in [3.8, 4) is 5.75 Å². The number of hydrogen-bond donors (Lipinski definition) is 2. The summed E-state index contributed by atoms with van der Waals surface area (Å²) in [5, 5.41) is 6.41. The highest BCUT2D eigenvalue weighted by molar-refractivity contribution is 6.31. The summed E-state index contributed by atoms with van der Waals surface area (Å²) < 4.78 is 5.73. The normalized spacial score (nSPS) is 18.4. The van der Waals surface area contributed by atoms with Crippen molar-refractivity contribution in [1.82, 2.24) is 5.32 Å². The van der Waals surface area contributed by atoms with E-state index < -0.39 is 0 Å². The lowest BCUT2D eigenvalue weighted by atomic mass is 9.95. The Morgan fingerprint density at radius 3 is 2.73 bits per heavy atom. The van der Waals surface area contributed by atoms with Gasteiger partial charge in [0.1, 0.15) is 12.4 Å². The second kappa shape index (κ2) is 7.00. The van der Waals surface area contributed by atoms with Crippen molar-refractivity contribution in [1.29, 1.82) is 0 Å². The summed E-state index contributed by atoms with van der Waals surface area (Å²) in [5.41, 5.74) is 2.09. The van der Waals surface area contributed by atoms with E-state index in [2.05, 4.69) is 10.6 Å². The molecule has 26 heavy (non-hydrogen) atoms. The second-order valence-corrected chi connectivity index (χ2v) is 7.22. The lowest BCUT2D eigenvalue weighted by Crippen LogP contribution is -2.38. The van der Waals surface area contributed by atoms with E-state index in [9.17, 15) is 9.59 Å². The van der Waals surface area contributed by atoms with Crippen LogP contribution in [0.3, 0.4) is 0 Å². The van der Waals surface area contributed by atoms with E-state index >= 15 is 0 Å². The standard InChI is InChI=1S/C20H19ClN2O3/c21-15-3-1-2-12(9-15)19(24)23-17-6-7-18-13(10-17)8-14(11-26-18)20(25)22-16-4-5-16/h1-3,6-7,9-10,14,16H,4-5,8,11H2,(H,22,25)(H,23,24)/t14-/m1/s1. The Labute approximate surface area is 156 Å². The summed E-state index contributed by atoms with van der Waals surface area (Å²) in [7, 11) is 0. The molecule has 0 radical (unpaired) electrons. The molecule has 6 heteroatoms. The average molecular weight is 371 g/mol. The Balaban J connectivity index is 1.46. The third-order valence-electron chi connectivity index (χ3n) is 4.61. The van der Waals surface area contributed by atoms with Crippen LogP contribution >= 0.6 is 11.6 Å². The summed E-state index contributed by atoms with van der Waals surface area (Å²) >= 11 is 5.94. The van der Waals surface area contributed by atoms with E-state index in [1.54, 1.807) is 30.3 Å². The van der Waals surface area contributed by atoms with Gasteiger partial charge < -0.3 is 15.4 Å². The Morgan fingerprint density at radius 1 is 1.12 bits per heavy atom. The fourth-order valence-corrected chi connectivity index (χ4v) is 3.21. The number of halogens is 1. The number of carbonyl (C=O) groups excluding carboxylic acids is 2. The molecule has 1 saturated carbocycles. The van der Waals surface area contributed by atoms with E-state index in [1.165, 1.54) is 0 Å². The van der Waals surface area contributed by atoms with E-state index in [0.717, 1.165) is 24.2 Å². The van der Waals surface area contributed by atoms with Gasteiger partial charge >= 0.3 is 0 Å². The Bertz CT molecular complexity index is 864. The van der Waals surface area contributed by atoms with Gasteiger partial charge in [-0.2, -0.15) is 0 Å². The SMILES string of the molecule is O=C(Nc1ccc2c(c1)C[C@@H](C(=O)NC1CC1)CO2)c1cccc(Cl)c1. The number of carbonyl (C=O) groups is 2. The molecule has 5 nitrogen and oxygen atoms in total. The maximum absolute atomic E-state index is 12.4. The molecule has 2 N–H and O–H groups in total. The van der Waals surface area contributed by atoms with Crippen molar-refractivity contribution in [2.24, 2.45) is 5.92 Å². The minimum absolute atomic E-state index is 0.0477. The number of ether oxygens (including phenoxy) is 1. The van der Waals surface area contributed by atoms with Crippen LogP contribution in [0.5, 0.6) is 5.75 Å². The van der Waals surface area contributed by atoms with Gasteiger partial charge in [0, 0.05) is 22.3 Å². The first-order valence-electron chi connectivity index (χ1n) is 8.71. The molecular weight excluding hydrogens is 352 g/mol. The van der Waals surface area contributed by atoms with Gasteiger partial charge in [-0.3, -0.25) is 9.59 Å². The summed E-state index contributed by atoms with van der Waals surface area (Å²) in [6.45, 7) is 0.389. The Hall–Kier alpha value is -2.53. The van der Waals surface area contributed by atoms with Crippen LogP contribution in [0.2, 0.25) is 5.02 Å². The van der Waals surface area contributed by atoms with Crippen LogP contribution in [-0.2, 0) is 11.2 Å². The van der Waals surface area contributed by atoms with Crippen molar-refractivity contribution in [3.05, 3.63) is 58.6 Å². The summed E-state index contributed by atoms with van der Waals surface area (Å²) in [5.74, 6) is 0.391. The number of amides is 2. The molecule has 2 aliphatic rings. The van der Waals surface area contributed by atoms with E-state index in [4.69, 9.17) is 16.3 Å². The third-order valence-corrected chi connectivity index (χ3v) is 4.84. The monoisotopic (exact) mass is 370 g/mol. The fourth-order valence-electron chi connectivity index (χ4n) is 3.02. The van der Waals surface area contributed by atoms with Gasteiger partial charge in [0.2, 0.25) is 5.91 Å². The van der Waals surface area contributed by atoms with E-state index in [0.29, 0.717) is 35.3 Å². The summed E-state index contributed by atoms with van der Waals surface area (Å²) in [6.07, 6.45) is 2.74. The molecule has 1 fully saturated rings. The van der Waals surface area contributed by atoms with Crippen LogP contribution in [0.15, 0.2) is 42.5 Å². The van der Waals surface area contributed by atoms with Gasteiger partial charge in [0.15, 0.2) is 0 Å². The smallest absolute Gasteiger partial charge is 0.255 e. The highest BCUT2D eigenvalue weighted by Gasteiger charge is 2.30. The molecule has 1 aliphatic heterocycles. The molecule has 2 aromatic carbocycles. The van der Waals surface area contributed by atoms with Gasteiger partial charge in [0.05, 0.1) is 5.92 Å². The molecule has 0 aromatic heterocycles. The number of hydrogen-bond acceptors (Lipinski definition) is 3. The molecule has 4 rings (SSSR count). The topological polar surface area (TPSA) is 67.4 Å². The van der Waals surface area contributed by atoms with Crippen LogP contribution in [0.25, 0.3) is 0 Å². The van der Waals surface area contributed by atoms with Crippen LogP contribution in [0, 0.1) is 5.92 Å². The van der Waals surface area contributed by atoms with Crippen LogP contribution in [0.1, 0.15) is 28.8 Å². The quantitative estimate of drug-likeness (QED) is 0.866. The van der Waals surface area contributed by atoms with Crippen molar-refractivity contribution >= 4 is 29.1 Å². The highest BCUT2D eigenvalue weighted by Crippen LogP contribution is 2.31. The Morgan fingerprint density at radius 2 is 1.96 bits per heavy atom. The van der Waals surface area contributed by atoms with Crippen molar-refractivity contribution in [2.75, 3.05) is 11.9 Å². The van der Waals surface area contributed by atoms with Gasteiger partial charge in [-0.15, -0.1) is 0 Å². The molecule has 0 spiro atoms. The molecule has 1 atom stereocenters. The largest absolute Gasteiger partial charge is 0.492 e. The number of nitrogens with one attached hydrogen (secondary N) is 2. The summed E-state index contributed by atoms with van der Waals surface area (Å²) in [4.78, 5) is 24.6. The number of benzene rings is 2. The van der Waals surface area contributed by atoms with Crippen molar-refractivity contribution in [3.63, 3.8) is 0 Å². The number of anilines is 1. The van der Waals surface area contributed by atoms with Gasteiger partial charge in [-0.1, -0.05) is 17.7 Å². The van der Waals surface area contributed by atoms with Gasteiger partial charge in [0.25, 0.3) is 5.91 Å². The molecule has 134 valence electrons. The maximum atomic E-state index is 12.4. The zero-order valence-corrected chi connectivity index (χ0v) is 14.9. The lowest BCUT2D eigenvalue weighted by Gasteiger charge is -2.25. The molecule has 2 amide bonds. The molecular formula is C20H19ClN2O3. The zero-order valence-electron chi connectivity index (χ0n) is 14.1. The first-order valence-corrected chi connectivity index (χ1v) is 9.09. The predicted octanol–water partition coefficient (Wildman–Crippen LogP) is 3.42. The highest BCUT2D eigenvalue weighted by atomic mass is 35.5. The molecule has 1 heterocycles. The molecule has 1 aliphatic carbocycles. The second-order valence-electron chi connectivity index (χ2n) is 6.78. The first kappa shape index (κ1) is 16.9. The zero-order chi connectivity index (χ0) is 18.1. The first-order chi connectivity index (χ1) is 12.6. The van der Waals surface area contributed by atoms with Gasteiger partial charge in [-0.25, -0.2) is 0 Å². The Kier molecular flexibility index (Phi) is 4.55. The van der Waals surface area contributed by atoms with E-state index in [1.807, 2.05) is 12.1 Å². The molecule has 0 saturated heterocycles. The lowest BCUT2D eigenvalue weighted by molar-refractivity contribution is -0.126. The minimum atomic E-state index is -0.229. The minimum Gasteiger partial charge on any atom is -0.492 e. The number of fused-ring (bicyclic) bond motifs is 1. The maximum Gasteiger partial charge on any atom is 0.255 e. The van der Waals surface area contributed by atoms with Crippen molar-refractivity contribution in [2.45, 2.75) is 25.3 Å². The van der Waals surface area contributed by atoms with E-state index in [-0.39, 0.29) is 17.7 Å². The van der Waals surface area contributed by atoms with Crippen LogP contribution in [0.4, 0.5) is 5.69 Å². The van der Waals surface area contributed by atoms with Gasteiger partial charge in [-0.05, 0) is 61.2 Å². The third kappa shape index (κ3) is 3.83. The molecule has 0 unspecified atom stereocenters.